The maximum absolute atomic E-state index is 13.1. The van der Waals surface area contributed by atoms with Crippen molar-refractivity contribution in [2.24, 2.45) is 5.73 Å². The number of ether oxygens (including phenoxy) is 2. The van der Waals surface area contributed by atoms with Gasteiger partial charge in [0.2, 0.25) is 0 Å². The van der Waals surface area contributed by atoms with Crippen LogP contribution >= 0.6 is 22.9 Å². The lowest BCUT2D eigenvalue weighted by atomic mass is 10.1. The minimum atomic E-state index is -0.595. The lowest BCUT2D eigenvalue weighted by Gasteiger charge is -2.12. The Bertz CT molecular complexity index is 1340. The highest BCUT2D eigenvalue weighted by Gasteiger charge is 2.18. The van der Waals surface area contributed by atoms with Crippen LogP contribution in [-0.2, 0) is 13.0 Å². The largest absolute Gasteiger partial charge is 0.496 e. The van der Waals surface area contributed by atoms with Crippen LogP contribution in [0.3, 0.4) is 0 Å². The van der Waals surface area contributed by atoms with E-state index in [2.05, 4.69) is 5.32 Å². The molecular weight excluding hydrogens is 484 g/mol. The van der Waals surface area contributed by atoms with E-state index in [0.717, 1.165) is 10.4 Å². The highest BCUT2D eigenvalue weighted by Crippen LogP contribution is 2.31. The first-order valence-corrected chi connectivity index (χ1v) is 12.0. The van der Waals surface area contributed by atoms with Crippen molar-refractivity contribution in [3.8, 4) is 11.5 Å². The number of benzene rings is 3. The molecule has 0 unspecified atom stereocenters. The zero-order chi connectivity index (χ0) is 24.8. The number of carbonyl (C=O) groups excluding carboxylic acids is 2. The molecule has 2 amide bonds. The van der Waals surface area contributed by atoms with Crippen molar-refractivity contribution >= 4 is 39.8 Å². The summed E-state index contributed by atoms with van der Waals surface area (Å²) in [6.45, 7) is 0.193. The lowest BCUT2D eigenvalue weighted by molar-refractivity contribution is 0.100. The molecule has 0 saturated heterocycles. The smallest absolute Gasteiger partial charge is 0.256 e. The topological polar surface area (TPSA) is 90.6 Å². The van der Waals surface area contributed by atoms with Crippen molar-refractivity contribution in [1.82, 2.24) is 0 Å². The van der Waals surface area contributed by atoms with Crippen molar-refractivity contribution < 1.29 is 19.1 Å². The molecule has 178 valence electrons. The fourth-order valence-electron chi connectivity index (χ4n) is 3.50. The average Bonchev–Trinajstić information content (AvgIpc) is 3.26. The monoisotopic (exact) mass is 506 g/mol. The number of primary amides is 1. The molecule has 0 radical (unpaired) electrons. The Hall–Kier alpha value is -3.81. The van der Waals surface area contributed by atoms with Gasteiger partial charge in [-0.2, -0.15) is 0 Å². The molecule has 0 atom stereocenters. The molecule has 0 fully saturated rings. The molecule has 4 aromatic rings. The van der Waals surface area contributed by atoms with Gasteiger partial charge in [0.1, 0.15) is 23.1 Å². The maximum Gasteiger partial charge on any atom is 0.256 e. The third-order valence-corrected chi connectivity index (χ3v) is 6.55. The van der Waals surface area contributed by atoms with E-state index in [1.54, 1.807) is 55.6 Å². The number of methoxy groups -OCH3 is 1. The summed E-state index contributed by atoms with van der Waals surface area (Å²) < 4.78 is 11.2. The van der Waals surface area contributed by atoms with Crippen molar-refractivity contribution in [1.29, 1.82) is 0 Å². The molecule has 3 N–H and O–H groups in total. The van der Waals surface area contributed by atoms with Gasteiger partial charge < -0.3 is 20.5 Å². The van der Waals surface area contributed by atoms with Gasteiger partial charge >= 0.3 is 0 Å². The first-order chi connectivity index (χ1) is 16.9. The molecule has 6 nitrogen and oxygen atoms in total. The predicted molar refractivity (Wildman–Crippen MR) is 139 cm³/mol. The van der Waals surface area contributed by atoms with Crippen molar-refractivity contribution in [2.75, 3.05) is 12.4 Å². The third kappa shape index (κ3) is 6.20. The standard InChI is InChI=1S/C27H23ClN2O4S/c1-33-24-12-7-18(14-19(24)16-34-21-10-8-20(28)9-11-21)26(32)30-27-23(25(29)31)15-22(35-27)13-17-5-3-2-4-6-17/h2-12,14-15H,13,16H2,1H3,(H2,29,31)(H,30,32). The van der Waals surface area contributed by atoms with Crippen LogP contribution in [0, 0.1) is 0 Å². The summed E-state index contributed by atoms with van der Waals surface area (Å²) in [5, 5.41) is 3.88. The van der Waals surface area contributed by atoms with Gasteiger partial charge in [-0.1, -0.05) is 41.9 Å². The number of hydrogen-bond donors (Lipinski definition) is 2. The van der Waals surface area contributed by atoms with E-state index in [-0.39, 0.29) is 18.1 Å². The minimum Gasteiger partial charge on any atom is -0.496 e. The number of amides is 2. The Morgan fingerprint density at radius 3 is 2.43 bits per heavy atom. The molecule has 1 heterocycles. The van der Waals surface area contributed by atoms with Gasteiger partial charge in [0.25, 0.3) is 11.8 Å². The van der Waals surface area contributed by atoms with Crippen molar-refractivity contribution in [3.63, 3.8) is 0 Å². The molecule has 0 aliphatic heterocycles. The number of rotatable bonds is 9. The number of nitrogens with one attached hydrogen (secondary N) is 1. The maximum atomic E-state index is 13.1. The van der Waals surface area contributed by atoms with E-state index in [1.165, 1.54) is 11.3 Å². The highest BCUT2D eigenvalue weighted by molar-refractivity contribution is 7.16. The molecule has 4 rings (SSSR count). The van der Waals surface area contributed by atoms with Crippen LogP contribution < -0.4 is 20.5 Å². The number of anilines is 1. The molecule has 0 aliphatic rings. The number of carbonyl (C=O) groups is 2. The summed E-state index contributed by atoms with van der Waals surface area (Å²) in [5.41, 5.74) is 8.06. The summed E-state index contributed by atoms with van der Waals surface area (Å²) >= 11 is 7.26. The minimum absolute atomic E-state index is 0.193. The van der Waals surface area contributed by atoms with E-state index >= 15 is 0 Å². The number of thiophene rings is 1. The second-order valence-electron chi connectivity index (χ2n) is 7.71. The number of hydrogen-bond acceptors (Lipinski definition) is 5. The molecule has 0 spiro atoms. The zero-order valence-electron chi connectivity index (χ0n) is 18.9. The molecule has 3 aromatic carbocycles. The quantitative estimate of drug-likeness (QED) is 0.294. The summed E-state index contributed by atoms with van der Waals surface area (Å²) in [4.78, 5) is 26.0. The Morgan fingerprint density at radius 1 is 1.00 bits per heavy atom. The Kier molecular flexibility index (Phi) is 7.70. The van der Waals surface area contributed by atoms with E-state index < -0.39 is 5.91 Å². The van der Waals surface area contributed by atoms with Crippen LogP contribution in [0.15, 0.2) is 78.9 Å². The molecule has 8 heteroatoms. The summed E-state index contributed by atoms with van der Waals surface area (Å²) in [6.07, 6.45) is 0.635. The van der Waals surface area contributed by atoms with Crippen LogP contribution in [0.5, 0.6) is 11.5 Å². The normalized spacial score (nSPS) is 10.6. The highest BCUT2D eigenvalue weighted by atomic mass is 35.5. The summed E-state index contributed by atoms with van der Waals surface area (Å²) in [6, 6.07) is 23.7. The van der Waals surface area contributed by atoms with Gasteiger partial charge in [-0.3, -0.25) is 9.59 Å². The first kappa shape index (κ1) is 24.3. The molecular formula is C27H23ClN2O4S. The van der Waals surface area contributed by atoms with Gasteiger partial charge in [0.05, 0.1) is 12.7 Å². The van der Waals surface area contributed by atoms with Crippen LogP contribution in [0.1, 0.15) is 36.7 Å². The van der Waals surface area contributed by atoms with E-state index in [1.807, 2.05) is 30.3 Å². The second-order valence-corrected chi connectivity index (χ2v) is 9.28. The van der Waals surface area contributed by atoms with Gasteiger partial charge in [-0.05, 0) is 54.1 Å². The van der Waals surface area contributed by atoms with Crippen LogP contribution in [0.4, 0.5) is 5.00 Å². The Morgan fingerprint density at radius 2 is 1.74 bits per heavy atom. The Labute approximate surface area is 212 Å². The van der Waals surface area contributed by atoms with Crippen molar-refractivity contribution in [2.45, 2.75) is 13.0 Å². The van der Waals surface area contributed by atoms with Gasteiger partial charge in [-0.15, -0.1) is 11.3 Å². The molecule has 35 heavy (non-hydrogen) atoms. The van der Waals surface area contributed by atoms with Gasteiger partial charge in [-0.25, -0.2) is 0 Å². The average molecular weight is 507 g/mol. The molecule has 0 saturated carbocycles. The van der Waals surface area contributed by atoms with Crippen LogP contribution in [-0.4, -0.2) is 18.9 Å². The number of nitrogens with two attached hydrogens (primary N) is 1. The SMILES string of the molecule is COc1ccc(C(=O)Nc2sc(Cc3ccccc3)cc2C(N)=O)cc1COc1ccc(Cl)cc1. The fraction of sp³-hybridized carbons (Fsp3) is 0.111. The second kappa shape index (κ2) is 11.1. The first-order valence-electron chi connectivity index (χ1n) is 10.8. The van der Waals surface area contributed by atoms with E-state index in [9.17, 15) is 9.59 Å². The van der Waals surface area contributed by atoms with Crippen molar-refractivity contribution in [3.05, 3.63) is 111 Å². The molecule has 1 aromatic heterocycles. The van der Waals surface area contributed by atoms with Gasteiger partial charge in [0.15, 0.2) is 0 Å². The van der Waals surface area contributed by atoms with E-state index in [0.29, 0.717) is 39.1 Å². The third-order valence-electron chi connectivity index (χ3n) is 5.25. The molecule has 0 aliphatic carbocycles. The van der Waals surface area contributed by atoms with Gasteiger partial charge in [0, 0.05) is 27.4 Å². The lowest BCUT2D eigenvalue weighted by Crippen LogP contribution is -2.16. The summed E-state index contributed by atoms with van der Waals surface area (Å²) in [7, 11) is 1.56. The van der Waals surface area contributed by atoms with Crippen LogP contribution in [0.2, 0.25) is 5.02 Å². The predicted octanol–water partition coefficient (Wildman–Crippen LogP) is 5.93. The fourth-order valence-corrected chi connectivity index (χ4v) is 4.72. The van der Waals surface area contributed by atoms with E-state index in [4.69, 9.17) is 26.8 Å². The zero-order valence-corrected chi connectivity index (χ0v) is 20.5. The van der Waals surface area contributed by atoms with Crippen LogP contribution in [0.25, 0.3) is 0 Å². The Balaban J connectivity index is 1.52. The number of halogens is 1. The molecule has 0 bridgehead atoms. The summed E-state index contributed by atoms with van der Waals surface area (Å²) in [5.74, 6) is 0.273.